The van der Waals surface area contributed by atoms with Crippen molar-refractivity contribution in [3.8, 4) is 11.5 Å². The maximum atomic E-state index is 6.00. The van der Waals surface area contributed by atoms with E-state index in [9.17, 15) is 0 Å². The first-order valence-corrected chi connectivity index (χ1v) is 11.9. The molecule has 5 nitrogen and oxygen atoms in total. The lowest BCUT2D eigenvalue weighted by atomic mass is 10.2. The fourth-order valence-electron chi connectivity index (χ4n) is 3.38. The molecule has 32 heavy (non-hydrogen) atoms. The van der Waals surface area contributed by atoms with Gasteiger partial charge >= 0.3 is 0 Å². The van der Waals surface area contributed by atoms with Crippen LogP contribution < -0.4 is 14.4 Å². The first-order chi connectivity index (χ1) is 15.6. The van der Waals surface area contributed by atoms with E-state index in [-0.39, 0.29) is 0 Å². The second kappa shape index (κ2) is 11.0. The van der Waals surface area contributed by atoms with Gasteiger partial charge in [-0.2, -0.15) is 0 Å². The van der Waals surface area contributed by atoms with E-state index in [1.54, 1.807) is 7.11 Å². The van der Waals surface area contributed by atoms with Crippen molar-refractivity contribution in [3.05, 3.63) is 80.7 Å². The molecule has 0 spiro atoms. The van der Waals surface area contributed by atoms with Crippen LogP contribution in [-0.2, 0) is 11.3 Å². The molecule has 0 bridgehead atoms. The molecular formula is C25H24Br2N2O3. The van der Waals surface area contributed by atoms with Crippen LogP contribution in [0.5, 0.6) is 11.5 Å². The molecule has 1 fully saturated rings. The molecule has 1 aliphatic heterocycles. The molecule has 4 rings (SSSR count). The van der Waals surface area contributed by atoms with Gasteiger partial charge in [0.25, 0.3) is 0 Å². The number of morpholine rings is 1. The SMILES string of the molecule is COc1cc(C=Nc2ccc(N3CCOCC3)cc2)c(Br)cc1OCc1ccc(Br)cc1. The van der Waals surface area contributed by atoms with E-state index in [2.05, 4.69) is 53.9 Å². The number of methoxy groups -OCH3 is 1. The van der Waals surface area contributed by atoms with Crippen LogP contribution >= 0.6 is 31.9 Å². The van der Waals surface area contributed by atoms with Gasteiger partial charge in [-0.25, -0.2) is 0 Å². The lowest BCUT2D eigenvalue weighted by Gasteiger charge is -2.28. The van der Waals surface area contributed by atoms with Gasteiger partial charge in [-0.3, -0.25) is 4.99 Å². The summed E-state index contributed by atoms with van der Waals surface area (Å²) in [5.74, 6) is 1.34. The van der Waals surface area contributed by atoms with Gasteiger partial charge < -0.3 is 19.1 Å². The van der Waals surface area contributed by atoms with Gasteiger partial charge in [0.1, 0.15) is 6.61 Å². The number of halogens is 2. The Morgan fingerprint density at radius 1 is 0.969 bits per heavy atom. The van der Waals surface area contributed by atoms with Crippen LogP contribution in [-0.4, -0.2) is 39.6 Å². The number of benzene rings is 3. The van der Waals surface area contributed by atoms with Crippen LogP contribution in [0.4, 0.5) is 11.4 Å². The average Bonchev–Trinajstić information content (AvgIpc) is 2.84. The van der Waals surface area contributed by atoms with E-state index in [4.69, 9.17) is 14.2 Å². The van der Waals surface area contributed by atoms with Crippen molar-refractivity contribution in [2.75, 3.05) is 38.3 Å². The van der Waals surface area contributed by atoms with E-state index >= 15 is 0 Å². The molecule has 0 aromatic heterocycles. The summed E-state index contributed by atoms with van der Waals surface area (Å²) in [5, 5.41) is 0. The van der Waals surface area contributed by atoms with Crippen LogP contribution in [0.25, 0.3) is 0 Å². The maximum Gasteiger partial charge on any atom is 0.162 e. The van der Waals surface area contributed by atoms with Gasteiger partial charge in [0, 0.05) is 39.5 Å². The molecule has 1 aliphatic rings. The van der Waals surface area contributed by atoms with Crippen molar-refractivity contribution in [1.82, 2.24) is 0 Å². The Labute approximate surface area is 205 Å². The van der Waals surface area contributed by atoms with Gasteiger partial charge in [0.05, 0.1) is 26.0 Å². The third kappa shape index (κ3) is 5.91. The molecule has 0 radical (unpaired) electrons. The highest BCUT2D eigenvalue weighted by Crippen LogP contribution is 2.34. The smallest absolute Gasteiger partial charge is 0.162 e. The third-order valence-electron chi connectivity index (χ3n) is 5.17. The summed E-state index contributed by atoms with van der Waals surface area (Å²) in [5.41, 5.74) is 4.08. The minimum Gasteiger partial charge on any atom is -0.493 e. The number of hydrogen-bond acceptors (Lipinski definition) is 5. The highest BCUT2D eigenvalue weighted by molar-refractivity contribution is 9.10. The fourth-order valence-corrected chi connectivity index (χ4v) is 4.07. The lowest BCUT2D eigenvalue weighted by Crippen LogP contribution is -2.36. The van der Waals surface area contributed by atoms with E-state index in [1.165, 1.54) is 5.69 Å². The van der Waals surface area contributed by atoms with Crippen LogP contribution in [0, 0.1) is 0 Å². The Morgan fingerprint density at radius 3 is 2.38 bits per heavy atom. The largest absolute Gasteiger partial charge is 0.493 e. The topological polar surface area (TPSA) is 43.3 Å². The summed E-state index contributed by atoms with van der Waals surface area (Å²) in [7, 11) is 1.64. The molecule has 1 saturated heterocycles. The Kier molecular flexibility index (Phi) is 7.84. The summed E-state index contributed by atoms with van der Waals surface area (Å²) in [6, 6.07) is 20.2. The summed E-state index contributed by atoms with van der Waals surface area (Å²) >= 11 is 7.08. The number of nitrogens with zero attached hydrogens (tertiary/aromatic N) is 2. The first-order valence-electron chi connectivity index (χ1n) is 10.3. The average molecular weight is 560 g/mol. The standard InChI is InChI=1S/C25H24Br2N2O3/c1-30-24-14-19(23(27)15-25(24)32-17-18-2-4-20(26)5-3-18)16-28-21-6-8-22(9-7-21)29-10-12-31-13-11-29/h2-9,14-16H,10-13,17H2,1H3. The second-order valence-corrected chi connectivity index (χ2v) is 9.08. The normalized spacial score (nSPS) is 14.0. The molecular weight excluding hydrogens is 536 g/mol. The molecule has 0 N–H and O–H groups in total. The lowest BCUT2D eigenvalue weighted by molar-refractivity contribution is 0.122. The molecule has 7 heteroatoms. The minimum absolute atomic E-state index is 0.457. The number of aliphatic imine (C=N–C) groups is 1. The minimum atomic E-state index is 0.457. The van der Waals surface area contributed by atoms with Crippen molar-refractivity contribution < 1.29 is 14.2 Å². The molecule has 0 amide bonds. The van der Waals surface area contributed by atoms with Gasteiger partial charge in [-0.15, -0.1) is 0 Å². The zero-order chi connectivity index (χ0) is 22.3. The zero-order valence-electron chi connectivity index (χ0n) is 17.8. The zero-order valence-corrected chi connectivity index (χ0v) is 20.9. The Hall–Kier alpha value is -2.35. The van der Waals surface area contributed by atoms with Gasteiger partial charge in [-0.1, -0.05) is 28.1 Å². The van der Waals surface area contributed by atoms with Crippen molar-refractivity contribution >= 4 is 49.4 Å². The van der Waals surface area contributed by atoms with Crippen molar-refractivity contribution in [3.63, 3.8) is 0 Å². The number of ether oxygens (including phenoxy) is 3. The van der Waals surface area contributed by atoms with E-state index in [0.29, 0.717) is 18.1 Å². The summed E-state index contributed by atoms with van der Waals surface area (Å²) in [6.07, 6.45) is 1.83. The van der Waals surface area contributed by atoms with E-state index < -0.39 is 0 Å². The van der Waals surface area contributed by atoms with E-state index in [1.807, 2.05) is 54.7 Å². The second-order valence-electron chi connectivity index (χ2n) is 7.31. The number of rotatable bonds is 7. The Morgan fingerprint density at radius 2 is 1.69 bits per heavy atom. The van der Waals surface area contributed by atoms with Crippen LogP contribution in [0.15, 0.2) is 74.6 Å². The van der Waals surface area contributed by atoms with Gasteiger partial charge in [0.2, 0.25) is 0 Å². The van der Waals surface area contributed by atoms with Crippen molar-refractivity contribution in [2.24, 2.45) is 4.99 Å². The molecule has 1 heterocycles. The van der Waals surface area contributed by atoms with Crippen LogP contribution in [0.2, 0.25) is 0 Å². The first kappa shape index (κ1) is 22.8. The molecule has 0 atom stereocenters. The number of hydrogen-bond donors (Lipinski definition) is 0. The number of anilines is 1. The molecule has 0 unspecified atom stereocenters. The highest BCUT2D eigenvalue weighted by atomic mass is 79.9. The Bertz CT molecular complexity index is 1060. The van der Waals surface area contributed by atoms with Gasteiger partial charge in [0.15, 0.2) is 11.5 Å². The highest BCUT2D eigenvalue weighted by Gasteiger charge is 2.12. The van der Waals surface area contributed by atoms with Crippen LogP contribution in [0.1, 0.15) is 11.1 Å². The third-order valence-corrected chi connectivity index (χ3v) is 6.38. The summed E-state index contributed by atoms with van der Waals surface area (Å²) in [4.78, 5) is 6.96. The van der Waals surface area contributed by atoms with Crippen molar-refractivity contribution in [2.45, 2.75) is 6.61 Å². The summed E-state index contributed by atoms with van der Waals surface area (Å²) < 4.78 is 18.9. The quantitative estimate of drug-likeness (QED) is 0.315. The Balaban J connectivity index is 1.45. The monoisotopic (exact) mass is 558 g/mol. The summed E-state index contributed by atoms with van der Waals surface area (Å²) in [6.45, 7) is 3.85. The maximum absolute atomic E-state index is 6.00. The molecule has 3 aromatic carbocycles. The molecule has 3 aromatic rings. The van der Waals surface area contributed by atoms with Crippen LogP contribution in [0.3, 0.4) is 0 Å². The molecule has 0 aliphatic carbocycles. The fraction of sp³-hybridized carbons (Fsp3) is 0.240. The van der Waals surface area contributed by atoms with E-state index in [0.717, 1.165) is 52.1 Å². The van der Waals surface area contributed by atoms with Gasteiger partial charge in [-0.05, 0) is 70.0 Å². The predicted octanol–water partition coefficient (Wildman–Crippen LogP) is 6.39. The molecule has 166 valence electrons. The molecule has 0 saturated carbocycles. The predicted molar refractivity (Wildman–Crippen MR) is 136 cm³/mol. The van der Waals surface area contributed by atoms with Crippen molar-refractivity contribution in [1.29, 1.82) is 0 Å².